The molecule has 3 heteroatoms. The molecule has 0 bridgehead atoms. The second-order valence-electron chi connectivity index (χ2n) is 5.77. The molecule has 0 unspecified atom stereocenters. The zero-order chi connectivity index (χ0) is 11.1. The van der Waals surface area contributed by atoms with Gasteiger partial charge < -0.3 is 5.11 Å². The first-order valence-corrected chi connectivity index (χ1v) is 6.14. The van der Waals surface area contributed by atoms with Crippen LogP contribution in [0, 0.1) is 0 Å². The number of hydrogen-bond donors (Lipinski definition) is 1. The molecule has 2 aliphatic rings. The zero-order valence-corrected chi connectivity index (χ0v) is 10.2. The normalized spacial score (nSPS) is 38.4. The molecule has 1 aliphatic heterocycles. The molecule has 0 aromatic heterocycles. The molecule has 2 rings (SSSR count). The van der Waals surface area contributed by atoms with E-state index in [1.54, 1.807) is 0 Å². The van der Waals surface area contributed by atoms with Gasteiger partial charge in [-0.2, -0.15) is 0 Å². The SMILES string of the molecule is CN1CCN([C@H]2CCC[C@@H]2O)CC1(C)C. The third kappa shape index (κ3) is 2.19. The number of hydrogen-bond acceptors (Lipinski definition) is 3. The Morgan fingerprint density at radius 2 is 1.93 bits per heavy atom. The molecule has 15 heavy (non-hydrogen) atoms. The standard InChI is InChI=1S/C12H24N2O/c1-12(2)9-14(8-7-13(12)3)10-5-4-6-11(10)15/h10-11,15H,4-9H2,1-3H3/t10-,11-/m0/s1. The number of nitrogens with zero attached hydrogens (tertiary/aromatic N) is 2. The van der Waals surface area contributed by atoms with Crippen molar-refractivity contribution >= 4 is 0 Å². The maximum Gasteiger partial charge on any atom is 0.0695 e. The molecule has 1 saturated heterocycles. The zero-order valence-electron chi connectivity index (χ0n) is 10.2. The Bertz CT molecular complexity index is 230. The Morgan fingerprint density at radius 3 is 2.47 bits per heavy atom. The number of piperazine rings is 1. The topological polar surface area (TPSA) is 26.7 Å². The molecule has 0 radical (unpaired) electrons. The van der Waals surface area contributed by atoms with Gasteiger partial charge in [0.2, 0.25) is 0 Å². The number of aliphatic hydroxyl groups excluding tert-OH is 1. The molecule has 1 aliphatic carbocycles. The van der Waals surface area contributed by atoms with Crippen LogP contribution in [-0.4, -0.2) is 59.3 Å². The minimum atomic E-state index is -0.0794. The molecule has 1 saturated carbocycles. The maximum absolute atomic E-state index is 9.92. The Hall–Kier alpha value is -0.120. The molecule has 88 valence electrons. The Morgan fingerprint density at radius 1 is 1.20 bits per heavy atom. The van der Waals surface area contributed by atoms with Crippen molar-refractivity contribution in [1.29, 1.82) is 0 Å². The van der Waals surface area contributed by atoms with Gasteiger partial charge in [0.1, 0.15) is 0 Å². The van der Waals surface area contributed by atoms with E-state index in [1.165, 1.54) is 12.8 Å². The lowest BCUT2D eigenvalue weighted by Crippen LogP contribution is -2.60. The quantitative estimate of drug-likeness (QED) is 0.700. The largest absolute Gasteiger partial charge is 0.391 e. The van der Waals surface area contributed by atoms with E-state index in [-0.39, 0.29) is 11.6 Å². The minimum Gasteiger partial charge on any atom is -0.391 e. The highest BCUT2D eigenvalue weighted by Crippen LogP contribution is 2.28. The Labute approximate surface area is 93.1 Å². The highest BCUT2D eigenvalue weighted by molar-refractivity contribution is 4.94. The fourth-order valence-electron chi connectivity index (χ4n) is 2.91. The number of likely N-dealkylation sites (N-methyl/N-ethyl adjacent to an activating group) is 1. The van der Waals surface area contributed by atoms with Gasteiger partial charge >= 0.3 is 0 Å². The van der Waals surface area contributed by atoms with Crippen molar-refractivity contribution in [2.75, 3.05) is 26.7 Å². The second-order valence-corrected chi connectivity index (χ2v) is 5.77. The second kappa shape index (κ2) is 4.04. The first-order chi connectivity index (χ1) is 7.00. The van der Waals surface area contributed by atoms with Crippen LogP contribution in [0.3, 0.4) is 0 Å². The number of aliphatic hydroxyl groups is 1. The lowest BCUT2D eigenvalue weighted by atomic mass is 9.97. The van der Waals surface area contributed by atoms with Crippen LogP contribution in [-0.2, 0) is 0 Å². The molecule has 2 atom stereocenters. The van der Waals surface area contributed by atoms with Gasteiger partial charge in [-0.15, -0.1) is 0 Å². The lowest BCUT2D eigenvalue weighted by Gasteiger charge is -2.48. The van der Waals surface area contributed by atoms with E-state index in [4.69, 9.17) is 0 Å². The van der Waals surface area contributed by atoms with Crippen molar-refractivity contribution < 1.29 is 5.11 Å². The molecule has 0 aromatic rings. The molecule has 0 spiro atoms. The van der Waals surface area contributed by atoms with E-state index in [9.17, 15) is 5.11 Å². The van der Waals surface area contributed by atoms with E-state index in [1.807, 2.05) is 0 Å². The van der Waals surface area contributed by atoms with Crippen molar-refractivity contribution in [2.24, 2.45) is 0 Å². The van der Waals surface area contributed by atoms with Crippen molar-refractivity contribution in [1.82, 2.24) is 9.80 Å². The van der Waals surface area contributed by atoms with E-state index < -0.39 is 0 Å². The molecule has 3 nitrogen and oxygen atoms in total. The van der Waals surface area contributed by atoms with Crippen LogP contribution >= 0.6 is 0 Å². The van der Waals surface area contributed by atoms with E-state index in [0.29, 0.717) is 6.04 Å². The molecule has 2 fully saturated rings. The van der Waals surface area contributed by atoms with Crippen LogP contribution in [0.4, 0.5) is 0 Å². The van der Waals surface area contributed by atoms with Gasteiger partial charge in [0.05, 0.1) is 6.10 Å². The molecule has 0 aromatic carbocycles. The summed E-state index contributed by atoms with van der Waals surface area (Å²) in [5, 5.41) is 9.92. The van der Waals surface area contributed by atoms with Gasteiger partial charge in [-0.3, -0.25) is 9.80 Å². The van der Waals surface area contributed by atoms with Gasteiger partial charge in [0.15, 0.2) is 0 Å². The van der Waals surface area contributed by atoms with Gasteiger partial charge in [0, 0.05) is 31.2 Å². The molecule has 1 heterocycles. The van der Waals surface area contributed by atoms with Crippen molar-refractivity contribution in [3.05, 3.63) is 0 Å². The summed E-state index contributed by atoms with van der Waals surface area (Å²) in [7, 11) is 2.20. The van der Waals surface area contributed by atoms with Gasteiger partial charge in [-0.1, -0.05) is 0 Å². The van der Waals surface area contributed by atoms with Crippen LogP contribution in [0.15, 0.2) is 0 Å². The average molecular weight is 212 g/mol. The molecular formula is C12H24N2O. The average Bonchev–Trinajstić information content (AvgIpc) is 2.56. The Balaban J connectivity index is 2.00. The third-order valence-electron chi connectivity index (χ3n) is 4.26. The maximum atomic E-state index is 9.92. The fourth-order valence-corrected chi connectivity index (χ4v) is 2.91. The summed E-state index contributed by atoms with van der Waals surface area (Å²) in [4.78, 5) is 4.92. The van der Waals surface area contributed by atoms with E-state index >= 15 is 0 Å². The highest BCUT2D eigenvalue weighted by atomic mass is 16.3. The monoisotopic (exact) mass is 212 g/mol. The van der Waals surface area contributed by atoms with E-state index in [2.05, 4.69) is 30.7 Å². The highest BCUT2D eigenvalue weighted by Gasteiger charge is 2.38. The smallest absolute Gasteiger partial charge is 0.0695 e. The minimum absolute atomic E-state index is 0.0794. The van der Waals surface area contributed by atoms with Crippen LogP contribution in [0.2, 0.25) is 0 Å². The Kier molecular flexibility index (Phi) is 3.06. The van der Waals surface area contributed by atoms with Crippen LogP contribution in [0.1, 0.15) is 33.1 Å². The van der Waals surface area contributed by atoms with Crippen LogP contribution in [0.25, 0.3) is 0 Å². The summed E-state index contributed by atoms with van der Waals surface area (Å²) in [6, 6.07) is 0.429. The van der Waals surface area contributed by atoms with Gasteiger partial charge in [-0.05, 0) is 40.2 Å². The third-order valence-corrected chi connectivity index (χ3v) is 4.26. The summed E-state index contributed by atoms with van der Waals surface area (Å²) in [6.45, 7) is 7.91. The predicted octanol–water partition coefficient (Wildman–Crippen LogP) is 0.926. The van der Waals surface area contributed by atoms with E-state index in [0.717, 1.165) is 26.1 Å². The lowest BCUT2D eigenvalue weighted by molar-refractivity contribution is -0.0130. The van der Waals surface area contributed by atoms with Gasteiger partial charge in [0.25, 0.3) is 0 Å². The number of rotatable bonds is 1. The first-order valence-electron chi connectivity index (χ1n) is 6.14. The molecular weight excluding hydrogens is 188 g/mol. The molecule has 1 N–H and O–H groups in total. The van der Waals surface area contributed by atoms with Crippen LogP contribution < -0.4 is 0 Å². The van der Waals surface area contributed by atoms with Crippen molar-refractivity contribution in [3.63, 3.8) is 0 Å². The van der Waals surface area contributed by atoms with Crippen molar-refractivity contribution in [2.45, 2.75) is 50.8 Å². The predicted molar refractivity (Wildman–Crippen MR) is 61.9 cm³/mol. The summed E-state index contributed by atoms with van der Waals surface area (Å²) >= 11 is 0. The molecule has 0 amide bonds. The summed E-state index contributed by atoms with van der Waals surface area (Å²) in [5.41, 5.74) is 0.251. The van der Waals surface area contributed by atoms with Crippen molar-refractivity contribution in [3.8, 4) is 0 Å². The summed E-state index contributed by atoms with van der Waals surface area (Å²) in [6.07, 6.45) is 3.29. The fraction of sp³-hybridized carbons (Fsp3) is 1.00. The summed E-state index contributed by atoms with van der Waals surface area (Å²) < 4.78 is 0. The summed E-state index contributed by atoms with van der Waals surface area (Å²) in [5.74, 6) is 0. The van der Waals surface area contributed by atoms with Gasteiger partial charge in [-0.25, -0.2) is 0 Å². The first kappa shape index (κ1) is 11.4. The van der Waals surface area contributed by atoms with Crippen LogP contribution in [0.5, 0.6) is 0 Å².